The van der Waals surface area contributed by atoms with Crippen molar-refractivity contribution < 1.29 is 13.6 Å². The number of hydrogen-bond acceptors (Lipinski definition) is 2. The predicted octanol–water partition coefficient (Wildman–Crippen LogP) is 3.37. The van der Waals surface area contributed by atoms with Gasteiger partial charge in [-0.2, -0.15) is 0 Å². The maximum atomic E-state index is 13.0. The molecule has 1 fully saturated rings. The molecule has 0 radical (unpaired) electrons. The second-order valence-corrected chi connectivity index (χ2v) is 5.45. The summed E-state index contributed by atoms with van der Waals surface area (Å²) in [4.78, 5) is 17.4. The van der Waals surface area contributed by atoms with Crippen molar-refractivity contribution in [2.45, 2.75) is 18.8 Å². The number of hydrogen-bond donors (Lipinski definition) is 0. The Morgan fingerprint density at radius 3 is 2.61 bits per heavy atom. The fourth-order valence-electron chi connectivity index (χ4n) is 1.76. The SMILES string of the molecule is O=C(c1ncc(Br)cc1Cl)N1CCC(F)(F)CC1. The van der Waals surface area contributed by atoms with E-state index in [4.69, 9.17) is 11.6 Å². The molecule has 1 aliphatic heterocycles. The zero-order chi connectivity index (χ0) is 13.3. The summed E-state index contributed by atoms with van der Waals surface area (Å²) >= 11 is 9.10. The van der Waals surface area contributed by atoms with Crippen LogP contribution in [0.5, 0.6) is 0 Å². The Balaban J connectivity index is 2.13. The molecular weight excluding hydrogens is 329 g/mol. The molecule has 3 nitrogen and oxygen atoms in total. The first-order valence-electron chi connectivity index (χ1n) is 5.37. The highest BCUT2D eigenvalue weighted by Crippen LogP contribution is 2.29. The van der Waals surface area contributed by atoms with E-state index in [1.165, 1.54) is 11.1 Å². The summed E-state index contributed by atoms with van der Waals surface area (Å²) < 4.78 is 26.6. The largest absolute Gasteiger partial charge is 0.337 e. The molecule has 18 heavy (non-hydrogen) atoms. The Labute approximate surface area is 116 Å². The van der Waals surface area contributed by atoms with Crippen LogP contribution in [0.15, 0.2) is 16.7 Å². The van der Waals surface area contributed by atoms with E-state index in [9.17, 15) is 13.6 Å². The van der Waals surface area contributed by atoms with Gasteiger partial charge in [-0.05, 0) is 22.0 Å². The number of rotatable bonds is 1. The van der Waals surface area contributed by atoms with E-state index in [-0.39, 0.29) is 36.6 Å². The molecule has 0 atom stereocenters. The first-order valence-corrected chi connectivity index (χ1v) is 6.54. The molecule has 0 spiro atoms. The molecule has 0 unspecified atom stereocenters. The van der Waals surface area contributed by atoms with Crippen molar-refractivity contribution in [3.05, 3.63) is 27.5 Å². The minimum Gasteiger partial charge on any atom is -0.337 e. The molecule has 2 heterocycles. The maximum Gasteiger partial charge on any atom is 0.274 e. The minimum absolute atomic E-state index is 0.0277. The lowest BCUT2D eigenvalue weighted by Gasteiger charge is -2.31. The van der Waals surface area contributed by atoms with E-state index >= 15 is 0 Å². The van der Waals surface area contributed by atoms with Crippen LogP contribution in [0, 0.1) is 0 Å². The third-order valence-electron chi connectivity index (χ3n) is 2.79. The molecular formula is C11H10BrClF2N2O. The Kier molecular flexibility index (Phi) is 3.87. The van der Waals surface area contributed by atoms with Crippen molar-refractivity contribution in [3.8, 4) is 0 Å². The average molecular weight is 340 g/mol. The van der Waals surface area contributed by atoms with Gasteiger partial charge in [0.15, 0.2) is 0 Å². The number of piperidine rings is 1. The second-order valence-electron chi connectivity index (χ2n) is 4.13. The normalized spacial score (nSPS) is 18.8. The van der Waals surface area contributed by atoms with Gasteiger partial charge in [0.2, 0.25) is 0 Å². The van der Waals surface area contributed by atoms with Gasteiger partial charge in [-0.25, -0.2) is 13.8 Å². The average Bonchev–Trinajstić information content (AvgIpc) is 2.28. The van der Waals surface area contributed by atoms with Crippen LogP contribution < -0.4 is 0 Å². The van der Waals surface area contributed by atoms with E-state index in [1.807, 2.05) is 0 Å². The summed E-state index contributed by atoms with van der Waals surface area (Å²) in [6.07, 6.45) is 0.831. The van der Waals surface area contributed by atoms with E-state index in [0.29, 0.717) is 4.47 Å². The molecule has 0 N–H and O–H groups in total. The van der Waals surface area contributed by atoms with Crippen molar-refractivity contribution in [1.29, 1.82) is 0 Å². The van der Waals surface area contributed by atoms with Gasteiger partial charge in [0.25, 0.3) is 11.8 Å². The molecule has 98 valence electrons. The number of pyridine rings is 1. The van der Waals surface area contributed by atoms with Gasteiger partial charge in [-0.15, -0.1) is 0 Å². The number of halogens is 4. The van der Waals surface area contributed by atoms with Gasteiger partial charge in [0.05, 0.1) is 5.02 Å². The topological polar surface area (TPSA) is 33.2 Å². The second kappa shape index (κ2) is 5.09. The molecule has 0 aromatic carbocycles. The number of carbonyl (C=O) groups is 1. The number of alkyl halides is 2. The molecule has 0 saturated carbocycles. The van der Waals surface area contributed by atoms with Gasteiger partial charge >= 0.3 is 0 Å². The quantitative estimate of drug-likeness (QED) is 0.786. The monoisotopic (exact) mass is 338 g/mol. The summed E-state index contributed by atoms with van der Waals surface area (Å²) in [5.74, 6) is -3.07. The zero-order valence-electron chi connectivity index (χ0n) is 9.30. The van der Waals surface area contributed by atoms with Gasteiger partial charge in [-0.1, -0.05) is 11.6 Å². The van der Waals surface area contributed by atoms with Gasteiger partial charge < -0.3 is 4.90 Å². The standard InChI is InChI=1S/C11H10BrClF2N2O/c12-7-5-8(13)9(16-6-7)10(18)17-3-1-11(14,15)2-4-17/h5-6H,1-4H2. The molecule has 1 amide bonds. The summed E-state index contributed by atoms with van der Waals surface area (Å²) in [6, 6.07) is 1.56. The van der Waals surface area contributed by atoms with Crippen LogP contribution in [-0.4, -0.2) is 34.8 Å². The van der Waals surface area contributed by atoms with Crippen LogP contribution in [0.25, 0.3) is 0 Å². The number of nitrogens with zero attached hydrogens (tertiary/aromatic N) is 2. The number of carbonyl (C=O) groups excluding carboxylic acids is 1. The smallest absolute Gasteiger partial charge is 0.274 e. The van der Waals surface area contributed by atoms with Crippen molar-refractivity contribution in [2.24, 2.45) is 0 Å². The predicted molar refractivity (Wildman–Crippen MR) is 67.0 cm³/mol. The molecule has 1 aliphatic rings. The van der Waals surface area contributed by atoms with Crippen molar-refractivity contribution in [3.63, 3.8) is 0 Å². The van der Waals surface area contributed by atoms with Gasteiger partial charge in [0, 0.05) is 36.6 Å². The highest BCUT2D eigenvalue weighted by Gasteiger charge is 2.36. The fraction of sp³-hybridized carbons (Fsp3) is 0.455. The molecule has 2 rings (SSSR count). The number of likely N-dealkylation sites (tertiary alicyclic amines) is 1. The number of amides is 1. The molecule has 0 aliphatic carbocycles. The summed E-state index contributed by atoms with van der Waals surface area (Å²) in [5.41, 5.74) is 0.102. The molecule has 1 aromatic heterocycles. The lowest BCUT2D eigenvalue weighted by atomic mass is 10.1. The zero-order valence-corrected chi connectivity index (χ0v) is 11.6. The first kappa shape index (κ1) is 13.7. The Bertz CT molecular complexity index is 474. The van der Waals surface area contributed by atoms with Crippen molar-refractivity contribution in [2.75, 3.05) is 13.1 Å². The van der Waals surface area contributed by atoms with E-state index in [2.05, 4.69) is 20.9 Å². The molecule has 0 bridgehead atoms. The third kappa shape index (κ3) is 2.98. The minimum atomic E-state index is -2.67. The fourth-order valence-corrected chi connectivity index (χ4v) is 2.47. The Morgan fingerprint density at radius 2 is 2.06 bits per heavy atom. The maximum absolute atomic E-state index is 13.0. The molecule has 1 aromatic rings. The van der Waals surface area contributed by atoms with Crippen molar-refractivity contribution in [1.82, 2.24) is 9.88 Å². The van der Waals surface area contributed by atoms with Crippen LogP contribution in [0.2, 0.25) is 5.02 Å². The van der Waals surface area contributed by atoms with Crippen LogP contribution in [0.4, 0.5) is 8.78 Å². The Morgan fingerprint density at radius 1 is 1.44 bits per heavy atom. The Hall–Kier alpha value is -0.750. The highest BCUT2D eigenvalue weighted by atomic mass is 79.9. The molecule has 7 heteroatoms. The lowest BCUT2D eigenvalue weighted by Crippen LogP contribution is -2.43. The highest BCUT2D eigenvalue weighted by molar-refractivity contribution is 9.10. The summed E-state index contributed by atoms with van der Waals surface area (Å²) in [7, 11) is 0. The van der Waals surface area contributed by atoms with Crippen LogP contribution in [-0.2, 0) is 0 Å². The summed E-state index contributed by atoms with van der Waals surface area (Å²) in [5, 5.41) is 0.215. The number of aromatic nitrogens is 1. The van der Waals surface area contributed by atoms with Crippen LogP contribution >= 0.6 is 27.5 Å². The molecule has 1 saturated heterocycles. The van der Waals surface area contributed by atoms with Crippen LogP contribution in [0.1, 0.15) is 23.3 Å². The van der Waals surface area contributed by atoms with Gasteiger partial charge in [-0.3, -0.25) is 4.79 Å². The van der Waals surface area contributed by atoms with E-state index in [1.54, 1.807) is 6.07 Å². The third-order valence-corrected chi connectivity index (χ3v) is 3.51. The first-order chi connectivity index (χ1) is 8.39. The van der Waals surface area contributed by atoms with Crippen LogP contribution in [0.3, 0.4) is 0 Å². The summed E-state index contributed by atoms with van der Waals surface area (Å²) in [6.45, 7) is 0.0554. The van der Waals surface area contributed by atoms with E-state index < -0.39 is 11.8 Å². The van der Waals surface area contributed by atoms with E-state index in [0.717, 1.165) is 0 Å². The van der Waals surface area contributed by atoms with Gasteiger partial charge in [0.1, 0.15) is 5.69 Å². The lowest BCUT2D eigenvalue weighted by molar-refractivity contribution is -0.0495. The van der Waals surface area contributed by atoms with Crippen molar-refractivity contribution >= 4 is 33.4 Å².